The predicted octanol–water partition coefficient (Wildman–Crippen LogP) is 6.11. The van der Waals surface area contributed by atoms with E-state index in [1.54, 1.807) is 47.4 Å². The highest BCUT2D eigenvalue weighted by Crippen LogP contribution is 2.40. The molecule has 2 N–H and O–H groups in total. The summed E-state index contributed by atoms with van der Waals surface area (Å²) in [6.45, 7) is -1.79. The van der Waals surface area contributed by atoms with Crippen LogP contribution in [-0.4, -0.2) is 81.3 Å². The number of hydrogen-bond acceptors (Lipinski definition) is 10. The quantitative estimate of drug-likeness (QED) is 0.123. The van der Waals surface area contributed by atoms with E-state index in [1.165, 1.54) is 70.8 Å². The fraction of sp³-hybridized carbons (Fsp3) is 0.182. The number of carbonyl (C=O) groups excluding carboxylic acids is 4. The minimum Gasteiger partial charge on any atom is -0.342 e. The second-order valence-corrected chi connectivity index (χ2v) is 18.6. The van der Waals surface area contributed by atoms with Crippen molar-refractivity contribution >= 4 is 99.7 Å². The smallest absolute Gasteiger partial charge is 0.327 e. The number of hydrogen-bond donors (Lipinski definition) is 2. The van der Waals surface area contributed by atoms with Gasteiger partial charge in [0.05, 0.1) is 42.8 Å². The monoisotopic (exact) mass is 944 g/mol. The van der Waals surface area contributed by atoms with Gasteiger partial charge >= 0.3 is 10.2 Å². The number of rotatable bonds is 14. The first-order valence-corrected chi connectivity index (χ1v) is 22.8. The maximum atomic E-state index is 14.3. The summed E-state index contributed by atoms with van der Waals surface area (Å²) in [5.41, 5.74) is 5.36. The average Bonchev–Trinajstić information content (AvgIpc) is 3.98. The first-order valence-electron chi connectivity index (χ1n) is 19.6. The molecule has 5 aromatic carbocycles. The third-order valence-electron chi connectivity index (χ3n) is 10.6. The molecule has 0 aliphatic carbocycles. The van der Waals surface area contributed by atoms with Crippen LogP contribution in [0.4, 0.5) is 40.3 Å². The normalized spacial score (nSPS) is 13.9. The van der Waals surface area contributed by atoms with Crippen molar-refractivity contribution in [3.8, 4) is 0 Å². The number of para-hydroxylation sites is 2. The standard InChI is InChI=1S/C44H36F4N8O6S3/c1-53(31-7-9-39-33(19-31)49-23-63-39)43(59)35(15-25-11-27(45)17-28(46)12-25)51-41(57)21-55-37-5-3-4-6-38(37)56(65(55,61)62)22-42(58)52-36(16-26-13-29(47)18-30(48)14-26)44(60)54(2)32-8-10-40-34(20-32)50-24-64-40/h3-14,17-20,23-24,35-36H,15-16,21-22H2,1-2H3,(H,51,57)(H,52,58)/t35-,36-/m0/s1. The Morgan fingerprint density at radius 3 is 1.37 bits per heavy atom. The molecule has 2 atom stereocenters. The maximum Gasteiger partial charge on any atom is 0.327 e. The highest BCUT2D eigenvalue weighted by Gasteiger charge is 2.43. The van der Waals surface area contributed by atoms with Crippen LogP contribution in [-0.2, 0) is 42.2 Å². The van der Waals surface area contributed by atoms with Crippen molar-refractivity contribution in [1.29, 1.82) is 0 Å². The van der Waals surface area contributed by atoms with Gasteiger partial charge in [0.15, 0.2) is 0 Å². The number of amides is 4. The zero-order valence-electron chi connectivity index (χ0n) is 34.2. The summed E-state index contributed by atoms with van der Waals surface area (Å²) in [5, 5.41) is 5.10. The number of nitrogens with one attached hydrogen (secondary N) is 2. The van der Waals surface area contributed by atoms with Crippen LogP contribution < -0.4 is 29.0 Å². The summed E-state index contributed by atoms with van der Waals surface area (Å²) in [7, 11) is -1.85. The molecule has 0 radical (unpaired) electrons. The third kappa shape index (κ3) is 9.61. The van der Waals surface area contributed by atoms with Crippen LogP contribution in [0, 0.1) is 23.3 Å². The van der Waals surface area contributed by atoms with Crippen molar-refractivity contribution in [2.45, 2.75) is 24.9 Å². The molecule has 7 aromatic rings. The van der Waals surface area contributed by atoms with Crippen molar-refractivity contribution in [3.05, 3.63) is 142 Å². The molecule has 0 saturated heterocycles. The van der Waals surface area contributed by atoms with Gasteiger partial charge in [-0.1, -0.05) is 12.1 Å². The summed E-state index contributed by atoms with van der Waals surface area (Å²) in [5.74, 6) is -6.99. The molecule has 1 aliphatic rings. The summed E-state index contributed by atoms with van der Waals surface area (Å²) < 4.78 is 89.0. The molecule has 3 heterocycles. The van der Waals surface area contributed by atoms with E-state index in [9.17, 15) is 45.2 Å². The molecular weight excluding hydrogens is 909 g/mol. The number of likely N-dealkylation sites (N-methyl/N-ethyl adjacent to an activating group) is 2. The van der Waals surface area contributed by atoms with Crippen molar-refractivity contribution in [2.75, 3.05) is 45.6 Å². The fourth-order valence-corrected chi connectivity index (χ4v) is 10.4. The largest absolute Gasteiger partial charge is 0.342 e. The Balaban J connectivity index is 1.02. The van der Waals surface area contributed by atoms with Gasteiger partial charge in [0, 0.05) is 50.4 Å². The summed E-state index contributed by atoms with van der Waals surface area (Å²) in [6, 6.07) is 18.4. The summed E-state index contributed by atoms with van der Waals surface area (Å²) in [4.78, 5) is 67.0. The lowest BCUT2D eigenvalue weighted by atomic mass is 10.0. The molecule has 334 valence electrons. The lowest BCUT2D eigenvalue weighted by Crippen LogP contribution is -2.53. The van der Waals surface area contributed by atoms with Crippen LogP contribution in [0.2, 0.25) is 0 Å². The van der Waals surface area contributed by atoms with Crippen LogP contribution in [0.25, 0.3) is 20.4 Å². The first kappa shape index (κ1) is 44.6. The van der Waals surface area contributed by atoms with Gasteiger partial charge in [-0.25, -0.2) is 36.1 Å². The molecule has 0 saturated carbocycles. The van der Waals surface area contributed by atoms with Gasteiger partial charge in [-0.2, -0.15) is 8.42 Å². The summed E-state index contributed by atoms with van der Waals surface area (Å²) in [6.07, 6.45) is -0.760. The molecule has 0 fully saturated rings. The summed E-state index contributed by atoms with van der Waals surface area (Å²) >= 11 is 2.78. The molecule has 65 heavy (non-hydrogen) atoms. The number of halogens is 4. The minimum absolute atomic E-state index is 0.000704. The zero-order chi connectivity index (χ0) is 46.2. The van der Waals surface area contributed by atoms with Crippen molar-refractivity contribution in [1.82, 2.24) is 20.6 Å². The van der Waals surface area contributed by atoms with E-state index in [0.717, 1.165) is 42.3 Å². The fourth-order valence-electron chi connectivity index (χ4n) is 7.49. The van der Waals surface area contributed by atoms with Gasteiger partial charge in [-0.15, -0.1) is 22.7 Å². The topological polar surface area (TPSA) is 165 Å². The van der Waals surface area contributed by atoms with Crippen molar-refractivity contribution in [3.63, 3.8) is 0 Å². The number of aromatic nitrogens is 2. The van der Waals surface area contributed by atoms with Gasteiger partial charge in [0.1, 0.15) is 48.4 Å². The van der Waals surface area contributed by atoms with E-state index in [2.05, 4.69) is 20.6 Å². The highest BCUT2D eigenvalue weighted by atomic mass is 32.2. The zero-order valence-corrected chi connectivity index (χ0v) is 36.7. The average molecular weight is 945 g/mol. The number of benzene rings is 5. The van der Waals surface area contributed by atoms with Crippen molar-refractivity contribution in [2.24, 2.45) is 0 Å². The molecule has 1 aliphatic heterocycles. The van der Waals surface area contributed by atoms with Gasteiger partial charge in [0.25, 0.3) is 0 Å². The van der Waals surface area contributed by atoms with E-state index >= 15 is 0 Å². The molecule has 21 heteroatoms. The van der Waals surface area contributed by atoms with Crippen molar-refractivity contribution < 1.29 is 45.2 Å². The Morgan fingerprint density at radius 1 is 0.600 bits per heavy atom. The lowest BCUT2D eigenvalue weighted by Gasteiger charge is -2.27. The predicted molar refractivity (Wildman–Crippen MR) is 240 cm³/mol. The van der Waals surface area contributed by atoms with E-state index in [1.807, 2.05) is 0 Å². The second kappa shape index (κ2) is 18.3. The Kier molecular flexibility index (Phi) is 12.5. The molecule has 0 unspecified atom stereocenters. The van der Waals surface area contributed by atoms with E-state index in [4.69, 9.17) is 0 Å². The SMILES string of the molecule is CN(C(=O)[C@H](Cc1cc(F)cc(F)c1)NC(=O)CN1c2ccccc2N(CC(=O)N[C@@H](Cc2cc(F)cc(F)c2)C(=O)N(C)c2ccc3scnc3c2)S1(=O)=O)c1ccc2scnc2c1. The molecular formula is C44H36F4N8O6S3. The number of carbonyl (C=O) groups is 4. The Labute approximate surface area is 376 Å². The van der Waals surface area contributed by atoms with Gasteiger partial charge in [-0.05, 0) is 83.9 Å². The molecule has 8 rings (SSSR count). The molecule has 0 bridgehead atoms. The van der Waals surface area contributed by atoms with Crippen LogP contribution in [0.1, 0.15) is 11.1 Å². The Morgan fingerprint density at radius 2 is 0.985 bits per heavy atom. The van der Waals surface area contributed by atoms with E-state index in [-0.39, 0.29) is 35.3 Å². The lowest BCUT2D eigenvalue weighted by molar-refractivity contribution is -0.126. The number of thiazole rings is 2. The third-order valence-corrected chi connectivity index (χ3v) is 14.0. The Bertz CT molecular complexity index is 2880. The van der Waals surface area contributed by atoms with E-state index < -0.39 is 82.3 Å². The number of fused-ring (bicyclic) bond motifs is 3. The van der Waals surface area contributed by atoms with Gasteiger partial charge in [-0.3, -0.25) is 19.2 Å². The molecule has 14 nitrogen and oxygen atoms in total. The van der Waals surface area contributed by atoms with E-state index in [0.29, 0.717) is 34.5 Å². The second-order valence-electron chi connectivity index (χ2n) is 15.0. The first-order chi connectivity index (χ1) is 31.0. The van der Waals surface area contributed by atoms with Crippen LogP contribution in [0.3, 0.4) is 0 Å². The highest BCUT2D eigenvalue weighted by molar-refractivity contribution is 7.94. The van der Waals surface area contributed by atoms with Crippen LogP contribution >= 0.6 is 22.7 Å². The molecule has 4 amide bonds. The number of nitrogens with zero attached hydrogens (tertiary/aromatic N) is 6. The Hall–Kier alpha value is -6.97. The van der Waals surface area contributed by atoms with Crippen LogP contribution in [0.5, 0.6) is 0 Å². The van der Waals surface area contributed by atoms with Gasteiger partial charge in [0.2, 0.25) is 23.6 Å². The number of anilines is 4. The minimum atomic E-state index is -4.73. The van der Waals surface area contributed by atoms with Crippen LogP contribution in [0.15, 0.2) is 108 Å². The molecule has 2 aromatic heterocycles. The van der Waals surface area contributed by atoms with Gasteiger partial charge < -0.3 is 20.4 Å². The maximum absolute atomic E-state index is 14.3. The molecule has 0 spiro atoms.